The van der Waals surface area contributed by atoms with Gasteiger partial charge in [0.25, 0.3) is 0 Å². The monoisotopic (exact) mass is 460 g/mol. The van der Waals surface area contributed by atoms with Gasteiger partial charge in [0.2, 0.25) is 20.0 Å². The molecule has 0 spiro atoms. The van der Waals surface area contributed by atoms with Crippen LogP contribution in [-0.2, 0) is 20.0 Å². The second-order valence-electron chi connectivity index (χ2n) is 4.88. The van der Waals surface area contributed by atoms with E-state index in [-0.39, 0.29) is 25.5 Å². The van der Waals surface area contributed by atoms with Crippen LogP contribution in [0.15, 0.2) is 45.0 Å². The van der Waals surface area contributed by atoms with E-state index < -0.39 is 20.0 Å². The van der Waals surface area contributed by atoms with E-state index >= 15 is 0 Å². The smallest absolute Gasteiger partial charge is 0.238 e. The first-order chi connectivity index (χ1) is 11.4. The highest BCUT2D eigenvalue weighted by atomic mass is 35.5. The Labute approximate surface area is 164 Å². The van der Waals surface area contributed by atoms with E-state index in [0.29, 0.717) is 9.92 Å². The first-order valence-electron chi connectivity index (χ1n) is 6.34. The largest absolute Gasteiger partial charge is 0.283 e. The summed E-state index contributed by atoms with van der Waals surface area (Å²) in [5.74, 6) is 0. The van der Waals surface area contributed by atoms with Crippen LogP contribution in [0, 0.1) is 0 Å². The number of anilines is 1. The van der Waals surface area contributed by atoms with Crippen molar-refractivity contribution in [1.29, 1.82) is 0 Å². The molecule has 0 heterocycles. The molecule has 0 aliphatic carbocycles. The molecular formula is C13H11Cl3N2O4S3. The number of rotatable bonds is 5. The molecule has 3 N–H and O–H groups in total. The van der Waals surface area contributed by atoms with Crippen molar-refractivity contribution in [2.75, 3.05) is 11.0 Å². The third kappa shape index (κ3) is 5.65. The molecule has 0 bridgehead atoms. The molecule has 0 aliphatic heterocycles. The van der Waals surface area contributed by atoms with Crippen LogP contribution in [-0.4, -0.2) is 23.1 Å². The number of halogens is 3. The Bertz CT molecular complexity index is 1020. The predicted octanol–water partition coefficient (Wildman–Crippen LogP) is 3.82. The molecule has 0 aromatic heterocycles. The van der Waals surface area contributed by atoms with Crippen molar-refractivity contribution >= 4 is 72.3 Å². The van der Waals surface area contributed by atoms with Gasteiger partial charge in [-0.1, -0.05) is 46.6 Å². The Morgan fingerprint density at radius 2 is 1.56 bits per heavy atom. The average molecular weight is 462 g/mol. The van der Waals surface area contributed by atoms with Crippen molar-refractivity contribution in [3.63, 3.8) is 0 Å². The van der Waals surface area contributed by atoms with Crippen LogP contribution in [0.5, 0.6) is 0 Å². The molecule has 0 saturated heterocycles. The third-order valence-electron chi connectivity index (χ3n) is 2.75. The minimum atomic E-state index is -3.98. The summed E-state index contributed by atoms with van der Waals surface area (Å²) in [5.41, 5.74) is 0.155. The molecular weight excluding hydrogens is 451 g/mol. The van der Waals surface area contributed by atoms with Gasteiger partial charge in [0, 0.05) is 14.8 Å². The molecule has 0 radical (unpaired) electrons. The van der Waals surface area contributed by atoms with E-state index in [2.05, 4.69) is 4.72 Å². The summed E-state index contributed by atoms with van der Waals surface area (Å²) >= 11 is 19.1. The zero-order chi connectivity index (χ0) is 19.0. The third-order valence-corrected chi connectivity index (χ3v) is 6.49. The molecule has 0 unspecified atom stereocenters. The fraction of sp³-hybridized carbons (Fsp3) is 0.0769. The molecule has 2 aromatic rings. The summed E-state index contributed by atoms with van der Waals surface area (Å²) < 4.78 is 48.5. The predicted molar refractivity (Wildman–Crippen MR) is 102 cm³/mol. The van der Waals surface area contributed by atoms with Gasteiger partial charge in [-0.2, -0.15) is 0 Å². The fourth-order valence-corrected chi connectivity index (χ4v) is 5.04. The molecule has 136 valence electrons. The molecule has 2 aromatic carbocycles. The molecule has 0 aliphatic rings. The van der Waals surface area contributed by atoms with Crippen molar-refractivity contribution in [3.8, 4) is 0 Å². The van der Waals surface area contributed by atoms with Crippen molar-refractivity contribution < 1.29 is 16.8 Å². The van der Waals surface area contributed by atoms with Gasteiger partial charge >= 0.3 is 0 Å². The van der Waals surface area contributed by atoms with Gasteiger partial charge in [0.1, 0.15) is 0 Å². The van der Waals surface area contributed by atoms with Gasteiger partial charge in [-0.05, 0) is 30.3 Å². The van der Waals surface area contributed by atoms with Crippen molar-refractivity contribution in [2.45, 2.75) is 14.7 Å². The Hall–Kier alpha value is -0.680. The molecule has 0 saturated carbocycles. The second-order valence-corrected chi connectivity index (χ2v) is 10.5. The number of hydrogen-bond acceptors (Lipinski definition) is 5. The summed E-state index contributed by atoms with van der Waals surface area (Å²) in [6.07, 6.45) is 0.970. The van der Waals surface area contributed by atoms with Crippen LogP contribution in [0.25, 0.3) is 0 Å². The highest BCUT2D eigenvalue weighted by molar-refractivity contribution is 8.00. The summed E-state index contributed by atoms with van der Waals surface area (Å²) in [6, 6.07) is 6.64. The van der Waals surface area contributed by atoms with Crippen LogP contribution in [0.3, 0.4) is 0 Å². The fourth-order valence-electron chi connectivity index (χ4n) is 1.78. The SMILES string of the molecule is CS(=O)(=O)Nc1ccc(S(N)(=O)=O)cc1Sc1c(Cl)cc(Cl)cc1Cl. The number of nitrogens with two attached hydrogens (primary N) is 1. The maximum absolute atomic E-state index is 11.6. The van der Waals surface area contributed by atoms with E-state index in [1.54, 1.807) is 0 Å². The minimum absolute atomic E-state index is 0.155. The topological polar surface area (TPSA) is 106 Å². The number of sulfonamides is 2. The zero-order valence-corrected chi connectivity index (χ0v) is 17.2. The Balaban J connectivity index is 2.61. The van der Waals surface area contributed by atoms with Crippen LogP contribution in [0.1, 0.15) is 0 Å². The first kappa shape index (κ1) is 20.6. The molecule has 6 nitrogen and oxygen atoms in total. The lowest BCUT2D eigenvalue weighted by Crippen LogP contribution is -2.14. The summed E-state index contributed by atoms with van der Waals surface area (Å²) in [5, 5.41) is 5.92. The van der Waals surface area contributed by atoms with Crippen LogP contribution in [0.2, 0.25) is 15.1 Å². The molecule has 0 fully saturated rings. The van der Waals surface area contributed by atoms with E-state index in [9.17, 15) is 16.8 Å². The van der Waals surface area contributed by atoms with Crippen LogP contribution < -0.4 is 9.86 Å². The zero-order valence-electron chi connectivity index (χ0n) is 12.5. The Morgan fingerprint density at radius 1 is 1.00 bits per heavy atom. The van der Waals surface area contributed by atoms with Gasteiger partial charge in [0.15, 0.2) is 0 Å². The van der Waals surface area contributed by atoms with Crippen molar-refractivity contribution in [1.82, 2.24) is 0 Å². The van der Waals surface area contributed by atoms with Crippen molar-refractivity contribution in [2.24, 2.45) is 5.14 Å². The standard InChI is InChI=1S/C13H11Cl3N2O4S3/c1-24(19,20)18-11-3-2-8(25(17,21)22)6-12(11)23-13-9(15)4-7(14)5-10(13)16/h2-6,18H,1H3,(H2,17,21,22). The Morgan fingerprint density at radius 3 is 2.04 bits per heavy atom. The van der Waals surface area contributed by atoms with Crippen LogP contribution >= 0.6 is 46.6 Å². The highest BCUT2D eigenvalue weighted by Gasteiger charge is 2.17. The van der Waals surface area contributed by atoms with Gasteiger partial charge in [-0.15, -0.1) is 0 Å². The molecule has 12 heteroatoms. The molecule has 0 amide bonds. The lowest BCUT2D eigenvalue weighted by Gasteiger charge is -2.13. The quantitative estimate of drug-likeness (QED) is 0.704. The van der Waals surface area contributed by atoms with Crippen LogP contribution in [0.4, 0.5) is 5.69 Å². The lowest BCUT2D eigenvalue weighted by atomic mass is 10.3. The average Bonchev–Trinajstić information content (AvgIpc) is 2.41. The van der Waals surface area contributed by atoms with E-state index in [1.807, 2.05) is 0 Å². The van der Waals surface area contributed by atoms with Gasteiger partial charge < -0.3 is 0 Å². The van der Waals surface area contributed by atoms with E-state index in [1.165, 1.54) is 30.3 Å². The van der Waals surface area contributed by atoms with Gasteiger partial charge in [-0.3, -0.25) is 4.72 Å². The maximum Gasteiger partial charge on any atom is 0.238 e. The number of hydrogen-bond donors (Lipinski definition) is 2. The van der Waals surface area contributed by atoms with E-state index in [0.717, 1.165) is 18.0 Å². The first-order valence-corrected chi connectivity index (χ1v) is 11.7. The number of nitrogens with one attached hydrogen (secondary N) is 1. The Kier molecular flexibility index (Phi) is 6.20. The molecule has 25 heavy (non-hydrogen) atoms. The second kappa shape index (κ2) is 7.51. The van der Waals surface area contributed by atoms with Gasteiger partial charge in [-0.25, -0.2) is 22.0 Å². The number of primary sulfonamides is 1. The maximum atomic E-state index is 11.6. The normalized spacial score (nSPS) is 12.2. The van der Waals surface area contributed by atoms with Gasteiger partial charge in [0.05, 0.1) is 26.9 Å². The highest BCUT2D eigenvalue weighted by Crippen LogP contribution is 2.43. The summed E-state index contributed by atoms with van der Waals surface area (Å²) in [6.45, 7) is 0. The molecule has 2 rings (SSSR count). The summed E-state index contributed by atoms with van der Waals surface area (Å²) in [4.78, 5) is 0.453. The summed E-state index contributed by atoms with van der Waals surface area (Å²) in [7, 11) is -7.58. The lowest BCUT2D eigenvalue weighted by molar-refractivity contribution is 0.597. The van der Waals surface area contributed by atoms with E-state index in [4.69, 9.17) is 39.9 Å². The van der Waals surface area contributed by atoms with Crippen molar-refractivity contribution in [3.05, 3.63) is 45.4 Å². The molecule has 0 atom stereocenters. The minimum Gasteiger partial charge on any atom is -0.283 e. The number of benzene rings is 2.